The van der Waals surface area contributed by atoms with Crippen molar-refractivity contribution in [2.75, 3.05) is 0 Å². The quantitative estimate of drug-likeness (QED) is 0.388. The topological polar surface area (TPSA) is 0 Å². The summed E-state index contributed by atoms with van der Waals surface area (Å²) in [6.07, 6.45) is -16.9. The summed E-state index contributed by atoms with van der Waals surface area (Å²) >= 11 is 0. The van der Waals surface area contributed by atoms with Crippen molar-refractivity contribution in [2.24, 2.45) is 0 Å². The van der Waals surface area contributed by atoms with Gasteiger partial charge in [-0.3, -0.25) is 0 Å². The lowest BCUT2D eigenvalue weighted by Gasteiger charge is -2.55. The first-order valence-electron chi connectivity index (χ1n) is 6.28. The second kappa shape index (κ2) is 5.69. The van der Waals surface area contributed by atoms with Gasteiger partial charge in [0.1, 0.15) is 0 Å². The summed E-state index contributed by atoms with van der Waals surface area (Å²) in [6, 6.07) is 0. The predicted octanol–water partition coefficient (Wildman–Crippen LogP) is 6.35. The highest BCUT2D eigenvalue weighted by Crippen LogP contribution is 2.75. The van der Waals surface area contributed by atoms with Crippen molar-refractivity contribution in [3.8, 4) is 0 Å². The molecule has 0 atom stereocenters. The molecule has 20 heteroatoms. The summed E-state index contributed by atoms with van der Waals surface area (Å²) in [5.74, 6) is -52.2. The molecule has 1 fully saturated rings. The van der Waals surface area contributed by atoms with Gasteiger partial charge in [-0.05, 0) is 0 Å². The van der Waals surface area contributed by atoms with Gasteiger partial charge in [-0.2, -0.15) is 79.0 Å². The molecule has 1 aliphatic rings. The van der Waals surface area contributed by atoms with Crippen LogP contribution in [0.15, 0.2) is 0 Å². The summed E-state index contributed by atoms with van der Waals surface area (Å²) in [7, 11) is 0. The Kier molecular flexibility index (Phi) is 5.05. The number of rotatable bonds is 2. The predicted molar refractivity (Wildman–Crippen MR) is 49.5 cm³/mol. The van der Waals surface area contributed by atoms with Gasteiger partial charge in [0.25, 0.3) is 0 Å². The van der Waals surface area contributed by atoms with Crippen molar-refractivity contribution in [1.82, 2.24) is 0 Å². The average Bonchev–Trinajstić information content (AvgIpc) is 2.48. The Morgan fingerprint density at radius 1 is 0.333 bits per heavy atom. The number of hydrogen-bond acceptors (Lipinski definition) is 0. The highest BCUT2D eigenvalue weighted by atomic mass is 19.4. The van der Waals surface area contributed by atoms with Gasteiger partial charge >= 0.3 is 59.2 Å². The number of halogens is 20. The van der Waals surface area contributed by atoms with E-state index in [0.29, 0.717) is 0 Å². The van der Waals surface area contributed by atoms with Crippen LogP contribution in [0.2, 0.25) is 0 Å². The lowest BCUT2D eigenvalue weighted by molar-refractivity contribution is -0.526. The van der Waals surface area contributed by atoms with Crippen LogP contribution in [-0.4, -0.2) is 59.2 Å². The zero-order chi connectivity index (χ0) is 25.0. The smallest absolute Gasteiger partial charge is 0.223 e. The van der Waals surface area contributed by atoms with E-state index in [-0.39, 0.29) is 0 Å². The second-order valence-electron chi connectivity index (χ2n) is 5.76. The number of alkyl halides is 20. The summed E-state index contributed by atoms with van der Waals surface area (Å²) in [5, 5.41) is 0. The largest absolute Gasteiger partial charge is 0.437 e. The van der Waals surface area contributed by atoms with Crippen molar-refractivity contribution in [3.05, 3.63) is 0 Å². The summed E-state index contributed by atoms with van der Waals surface area (Å²) in [5.41, 5.74) is -18.2. The molecule has 0 aromatic rings. The van der Waals surface area contributed by atoms with Crippen molar-refractivity contribution in [2.45, 2.75) is 59.2 Å². The normalized spacial score (nSPS) is 27.6. The molecule has 0 N–H and O–H groups in total. The Hall–Kier alpha value is -1.40. The van der Waals surface area contributed by atoms with Crippen molar-refractivity contribution in [3.63, 3.8) is 0 Å². The van der Waals surface area contributed by atoms with Gasteiger partial charge in [-0.25, -0.2) is 8.78 Å². The molecule has 0 aromatic carbocycles. The zero-order valence-electron chi connectivity index (χ0n) is 12.6. The van der Waals surface area contributed by atoms with Crippen LogP contribution in [0.1, 0.15) is 0 Å². The molecule has 1 aliphatic carbocycles. The van der Waals surface area contributed by atoms with Crippen LogP contribution in [0.4, 0.5) is 87.8 Å². The molecule has 0 heterocycles. The summed E-state index contributed by atoms with van der Waals surface area (Å²) in [6.45, 7) is 0. The Balaban J connectivity index is 4.27. The highest BCUT2D eigenvalue weighted by molar-refractivity contribution is 5.33. The molecule has 0 spiro atoms. The van der Waals surface area contributed by atoms with E-state index >= 15 is 0 Å². The maximum atomic E-state index is 14.0. The van der Waals surface area contributed by atoms with Crippen molar-refractivity contribution < 1.29 is 87.8 Å². The molecule has 0 radical (unpaired) electrons. The third kappa shape index (κ3) is 2.22. The summed E-state index contributed by atoms with van der Waals surface area (Å²) < 4.78 is 260. The molecule has 30 heavy (non-hydrogen) atoms. The van der Waals surface area contributed by atoms with E-state index in [1.165, 1.54) is 0 Å². The van der Waals surface area contributed by atoms with E-state index in [2.05, 4.69) is 0 Å². The van der Waals surface area contributed by atoms with Crippen LogP contribution in [0.3, 0.4) is 0 Å². The fourth-order valence-corrected chi connectivity index (χ4v) is 2.37. The molecular weight excluding hydrogens is 500 g/mol. The van der Waals surface area contributed by atoms with Crippen LogP contribution in [0.25, 0.3) is 0 Å². The van der Waals surface area contributed by atoms with E-state index in [1.807, 2.05) is 0 Å². The van der Waals surface area contributed by atoms with Crippen LogP contribution < -0.4 is 0 Å². The van der Waals surface area contributed by atoms with Crippen molar-refractivity contribution in [1.29, 1.82) is 0 Å². The van der Waals surface area contributed by atoms with E-state index in [9.17, 15) is 87.8 Å². The fourth-order valence-electron chi connectivity index (χ4n) is 2.37. The van der Waals surface area contributed by atoms with E-state index in [4.69, 9.17) is 0 Å². The molecule has 0 unspecified atom stereocenters. The Labute approximate surface area is 148 Å². The second-order valence-corrected chi connectivity index (χ2v) is 5.76. The molecule has 0 amide bonds. The molecule has 1 rings (SSSR count). The van der Waals surface area contributed by atoms with Gasteiger partial charge in [0, 0.05) is 0 Å². The van der Waals surface area contributed by atoms with Crippen LogP contribution in [0.5, 0.6) is 0 Å². The molecule has 0 nitrogen and oxygen atoms in total. The van der Waals surface area contributed by atoms with E-state index < -0.39 is 59.2 Å². The minimum atomic E-state index is -9.30. The molecule has 1 saturated carbocycles. The standard InChI is InChI=1S/C10F20/c11-1(3(13,14)2(12,9(25,26)27)10(28,29)30)4(15,16)6(19,20)8(23,24)7(21,22)5(1,17)18. The van der Waals surface area contributed by atoms with Crippen LogP contribution >= 0.6 is 0 Å². The molecule has 0 aromatic heterocycles. The molecule has 180 valence electrons. The maximum absolute atomic E-state index is 14.0. The zero-order valence-corrected chi connectivity index (χ0v) is 12.6. The maximum Gasteiger partial charge on any atom is 0.437 e. The monoisotopic (exact) mass is 500 g/mol. The third-order valence-electron chi connectivity index (χ3n) is 4.09. The Bertz CT molecular complexity index is 645. The van der Waals surface area contributed by atoms with Gasteiger partial charge in [0.15, 0.2) is 0 Å². The Morgan fingerprint density at radius 2 is 0.533 bits per heavy atom. The minimum Gasteiger partial charge on any atom is -0.223 e. The first-order valence-corrected chi connectivity index (χ1v) is 6.28. The number of hydrogen-bond donors (Lipinski definition) is 0. The Morgan fingerprint density at radius 3 is 0.733 bits per heavy atom. The fraction of sp³-hybridized carbons (Fsp3) is 1.00. The minimum absolute atomic E-state index is 8.23. The lowest BCUT2D eigenvalue weighted by Crippen LogP contribution is -2.90. The van der Waals surface area contributed by atoms with E-state index in [0.717, 1.165) is 0 Å². The highest BCUT2D eigenvalue weighted by Gasteiger charge is 3.08. The van der Waals surface area contributed by atoms with E-state index in [1.54, 1.807) is 0 Å². The third-order valence-corrected chi connectivity index (χ3v) is 4.09. The molecular formula is C10F20. The first-order chi connectivity index (χ1) is 12.5. The van der Waals surface area contributed by atoms with Gasteiger partial charge in [-0.1, -0.05) is 0 Å². The average molecular weight is 500 g/mol. The first kappa shape index (κ1) is 26.6. The van der Waals surface area contributed by atoms with Crippen LogP contribution in [-0.2, 0) is 0 Å². The van der Waals surface area contributed by atoms with Crippen LogP contribution in [0, 0.1) is 0 Å². The van der Waals surface area contributed by atoms with Crippen molar-refractivity contribution >= 4 is 0 Å². The lowest BCUT2D eigenvalue weighted by atomic mass is 9.65. The van der Waals surface area contributed by atoms with Gasteiger partial charge in [0.2, 0.25) is 0 Å². The summed E-state index contributed by atoms with van der Waals surface area (Å²) in [4.78, 5) is 0. The molecule has 0 saturated heterocycles. The van der Waals surface area contributed by atoms with Gasteiger partial charge in [-0.15, -0.1) is 0 Å². The van der Waals surface area contributed by atoms with Gasteiger partial charge in [0.05, 0.1) is 0 Å². The van der Waals surface area contributed by atoms with Gasteiger partial charge < -0.3 is 0 Å². The SMILES string of the molecule is FC(F)(F)C(F)(C(F)(F)F)C(F)(F)C1(F)C(F)(F)C(F)(F)C(F)(F)C(F)(F)C1(F)F. The molecule has 0 aliphatic heterocycles. The molecule has 0 bridgehead atoms.